The van der Waals surface area contributed by atoms with Gasteiger partial charge in [0, 0.05) is 45.1 Å². The summed E-state index contributed by atoms with van der Waals surface area (Å²) in [4.78, 5) is 6.83. The van der Waals surface area contributed by atoms with Crippen molar-refractivity contribution in [2.75, 3.05) is 33.7 Å². The maximum absolute atomic E-state index is 4.28. The highest BCUT2D eigenvalue weighted by Crippen LogP contribution is 2.21. The second-order valence-electron chi connectivity index (χ2n) is 6.47. The van der Waals surface area contributed by atoms with Gasteiger partial charge >= 0.3 is 0 Å². The van der Waals surface area contributed by atoms with Crippen LogP contribution in [0.2, 0.25) is 0 Å². The first-order valence-corrected chi connectivity index (χ1v) is 9.05. The van der Waals surface area contributed by atoms with Crippen LogP contribution in [0.1, 0.15) is 38.5 Å². The van der Waals surface area contributed by atoms with E-state index in [4.69, 9.17) is 0 Å². The predicted molar refractivity (Wildman–Crippen MR) is 113 cm³/mol. The SMILES string of the molecule is CN=C(NCCCN(C)C1CCCCC1)NCCn1cccc1.I. The summed E-state index contributed by atoms with van der Waals surface area (Å²) < 4.78 is 2.17. The molecule has 0 radical (unpaired) electrons. The minimum Gasteiger partial charge on any atom is -0.356 e. The van der Waals surface area contributed by atoms with Crippen molar-refractivity contribution in [1.29, 1.82) is 0 Å². The molecule has 1 heterocycles. The molecule has 6 heteroatoms. The first-order valence-electron chi connectivity index (χ1n) is 9.05. The summed E-state index contributed by atoms with van der Waals surface area (Å²) in [7, 11) is 4.11. The minimum absolute atomic E-state index is 0. The molecule has 0 saturated heterocycles. The van der Waals surface area contributed by atoms with Crippen molar-refractivity contribution < 1.29 is 0 Å². The second-order valence-corrected chi connectivity index (χ2v) is 6.47. The van der Waals surface area contributed by atoms with E-state index in [-0.39, 0.29) is 24.0 Å². The van der Waals surface area contributed by atoms with Crippen molar-refractivity contribution >= 4 is 29.9 Å². The first-order chi connectivity index (χ1) is 11.3. The summed E-state index contributed by atoms with van der Waals surface area (Å²) in [5.41, 5.74) is 0. The molecule has 0 amide bonds. The Morgan fingerprint density at radius 1 is 1.12 bits per heavy atom. The van der Waals surface area contributed by atoms with Crippen LogP contribution < -0.4 is 10.6 Å². The Labute approximate surface area is 164 Å². The molecular formula is C18H34IN5. The summed E-state index contributed by atoms with van der Waals surface area (Å²) in [5, 5.41) is 6.77. The van der Waals surface area contributed by atoms with E-state index in [1.165, 1.54) is 32.1 Å². The molecule has 2 rings (SSSR count). The van der Waals surface area contributed by atoms with Crippen molar-refractivity contribution in [1.82, 2.24) is 20.1 Å². The Hall–Kier alpha value is -0.760. The average molecular weight is 447 g/mol. The van der Waals surface area contributed by atoms with E-state index in [1.54, 1.807) is 0 Å². The normalized spacial score (nSPS) is 16.0. The fourth-order valence-corrected chi connectivity index (χ4v) is 3.28. The standard InChI is InChI=1S/C18H33N5.HI/c1-19-18(21-12-16-23-14-6-7-15-23)20-11-8-13-22(2)17-9-4-3-5-10-17;/h6-7,14-15,17H,3-5,8-13,16H2,1-2H3,(H2,19,20,21);1H. The number of aliphatic imine (C=N–C) groups is 1. The monoisotopic (exact) mass is 447 g/mol. The Kier molecular flexibility index (Phi) is 11.2. The number of guanidine groups is 1. The molecule has 0 atom stereocenters. The van der Waals surface area contributed by atoms with E-state index in [0.717, 1.165) is 44.6 Å². The van der Waals surface area contributed by atoms with Crippen molar-refractivity contribution in [2.24, 2.45) is 4.99 Å². The van der Waals surface area contributed by atoms with Gasteiger partial charge in [-0.3, -0.25) is 4.99 Å². The number of nitrogens with one attached hydrogen (secondary N) is 2. The van der Waals surface area contributed by atoms with E-state index >= 15 is 0 Å². The fraction of sp³-hybridized carbons (Fsp3) is 0.722. The van der Waals surface area contributed by atoms with E-state index in [9.17, 15) is 0 Å². The molecule has 24 heavy (non-hydrogen) atoms. The van der Waals surface area contributed by atoms with Crippen LogP contribution in [0.25, 0.3) is 0 Å². The molecular weight excluding hydrogens is 413 g/mol. The van der Waals surface area contributed by atoms with Crippen molar-refractivity contribution in [3.05, 3.63) is 24.5 Å². The summed E-state index contributed by atoms with van der Waals surface area (Å²) in [6.07, 6.45) is 12.3. The zero-order chi connectivity index (χ0) is 16.3. The van der Waals surface area contributed by atoms with Gasteiger partial charge in [-0.15, -0.1) is 24.0 Å². The first kappa shape index (κ1) is 21.3. The smallest absolute Gasteiger partial charge is 0.191 e. The topological polar surface area (TPSA) is 44.6 Å². The van der Waals surface area contributed by atoms with Crippen LogP contribution in [-0.2, 0) is 6.54 Å². The molecule has 5 nitrogen and oxygen atoms in total. The summed E-state index contributed by atoms with van der Waals surface area (Å²) in [6, 6.07) is 4.91. The minimum atomic E-state index is 0. The number of hydrogen-bond donors (Lipinski definition) is 2. The molecule has 0 aliphatic heterocycles. The lowest BCUT2D eigenvalue weighted by Gasteiger charge is -2.31. The molecule has 1 aliphatic carbocycles. The zero-order valence-electron chi connectivity index (χ0n) is 15.2. The Bertz CT molecular complexity index is 440. The fourth-order valence-electron chi connectivity index (χ4n) is 3.28. The lowest BCUT2D eigenvalue weighted by atomic mass is 9.94. The summed E-state index contributed by atoms with van der Waals surface area (Å²) in [6.45, 7) is 3.98. The Morgan fingerprint density at radius 2 is 1.79 bits per heavy atom. The largest absolute Gasteiger partial charge is 0.356 e. The van der Waals surface area contributed by atoms with Gasteiger partial charge in [-0.25, -0.2) is 0 Å². The van der Waals surface area contributed by atoms with Crippen LogP contribution >= 0.6 is 24.0 Å². The highest BCUT2D eigenvalue weighted by Gasteiger charge is 2.17. The van der Waals surface area contributed by atoms with E-state index in [1.807, 2.05) is 7.05 Å². The molecule has 1 aromatic rings. The lowest BCUT2D eigenvalue weighted by molar-refractivity contribution is 0.190. The maximum atomic E-state index is 4.28. The van der Waals surface area contributed by atoms with Gasteiger partial charge in [0.25, 0.3) is 0 Å². The van der Waals surface area contributed by atoms with Gasteiger partial charge in [-0.2, -0.15) is 0 Å². The van der Waals surface area contributed by atoms with E-state index in [2.05, 4.69) is 56.7 Å². The molecule has 2 N–H and O–H groups in total. The van der Waals surface area contributed by atoms with Crippen molar-refractivity contribution in [3.63, 3.8) is 0 Å². The predicted octanol–water partition coefficient (Wildman–Crippen LogP) is 2.93. The molecule has 0 unspecified atom stereocenters. The highest BCUT2D eigenvalue weighted by molar-refractivity contribution is 14.0. The number of nitrogens with zero attached hydrogens (tertiary/aromatic N) is 3. The highest BCUT2D eigenvalue weighted by atomic mass is 127. The molecule has 1 fully saturated rings. The lowest BCUT2D eigenvalue weighted by Crippen LogP contribution is -2.40. The molecule has 1 aromatic heterocycles. The van der Waals surface area contributed by atoms with Crippen LogP contribution in [-0.4, -0.2) is 55.2 Å². The molecule has 1 saturated carbocycles. The Balaban J connectivity index is 0.00000288. The van der Waals surface area contributed by atoms with Crippen LogP contribution in [0.15, 0.2) is 29.5 Å². The van der Waals surface area contributed by atoms with E-state index < -0.39 is 0 Å². The van der Waals surface area contributed by atoms with E-state index in [0.29, 0.717) is 0 Å². The number of aromatic nitrogens is 1. The van der Waals surface area contributed by atoms with Crippen molar-refractivity contribution in [3.8, 4) is 0 Å². The second kappa shape index (κ2) is 12.6. The number of halogens is 1. The molecule has 138 valence electrons. The summed E-state index contributed by atoms with van der Waals surface area (Å²) >= 11 is 0. The third-order valence-corrected chi connectivity index (χ3v) is 4.73. The quantitative estimate of drug-likeness (QED) is 0.279. The van der Waals surface area contributed by atoms with Crippen LogP contribution in [0.3, 0.4) is 0 Å². The zero-order valence-corrected chi connectivity index (χ0v) is 17.5. The molecule has 1 aliphatic rings. The van der Waals surface area contributed by atoms with Gasteiger partial charge in [-0.1, -0.05) is 19.3 Å². The number of hydrogen-bond acceptors (Lipinski definition) is 2. The van der Waals surface area contributed by atoms with Crippen LogP contribution in [0, 0.1) is 0 Å². The van der Waals surface area contributed by atoms with Gasteiger partial charge in [-0.05, 0) is 45.0 Å². The maximum Gasteiger partial charge on any atom is 0.191 e. The average Bonchev–Trinajstić information content (AvgIpc) is 3.11. The summed E-state index contributed by atoms with van der Waals surface area (Å²) in [5.74, 6) is 0.900. The van der Waals surface area contributed by atoms with Gasteiger partial charge in [0.2, 0.25) is 0 Å². The van der Waals surface area contributed by atoms with Crippen LogP contribution in [0.4, 0.5) is 0 Å². The number of rotatable bonds is 8. The molecule has 0 aromatic carbocycles. The van der Waals surface area contributed by atoms with Gasteiger partial charge in [0.05, 0.1) is 0 Å². The molecule has 0 bridgehead atoms. The van der Waals surface area contributed by atoms with Gasteiger partial charge in [0.15, 0.2) is 5.96 Å². The Morgan fingerprint density at radius 3 is 2.46 bits per heavy atom. The van der Waals surface area contributed by atoms with Gasteiger partial charge in [0.1, 0.15) is 0 Å². The van der Waals surface area contributed by atoms with Gasteiger partial charge < -0.3 is 20.1 Å². The third-order valence-electron chi connectivity index (χ3n) is 4.73. The third kappa shape index (κ3) is 7.88. The molecule has 0 spiro atoms. The van der Waals surface area contributed by atoms with Crippen molar-refractivity contribution in [2.45, 2.75) is 51.1 Å². The van der Waals surface area contributed by atoms with Crippen LogP contribution in [0.5, 0.6) is 0 Å².